The van der Waals surface area contributed by atoms with Crippen LogP contribution >= 0.6 is 24.0 Å². The van der Waals surface area contributed by atoms with E-state index in [0.717, 1.165) is 25.2 Å². The number of nitrogens with zero attached hydrogens (tertiary/aromatic N) is 3. The molecule has 0 spiro atoms. The quantitative estimate of drug-likeness (QED) is 0.267. The van der Waals surface area contributed by atoms with Gasteiger partial charge in [0, 0.05) is 46.5 Å². The van der Waals surface area contributed by atoms with E-state index in [4.69, 9.17) is 0 Å². The van der Waals surface area contributed by atoms with Gasteiger partial charge in [-0.05, 0) is 31.5 Å². The monoisotopic (exact) mass is 465 g/mol. The lowest BCUT2D eigenvalue weighted by Crippen LogP contribution is -2.39. The highest BCUT2D eigenvalue weighted by Crippen LogP contribution is 2.13. The van der Waals surface area contributed by atoms with Gasteiger partial charge < -0.3 is 20.4 Å². The Morgan fingerprint density at radius 2 is 1.96 bits per heavy atom. The molecule has 1 amide bonds. The van der Waals surface area contributed by atoms with Crippen LogP contribution in [0.25, 0.3) is 0 Å². The Hall–Kier alpha value is -1.58. The number of carbonyl (C=O) groups is 1. The zero-order valence-corrected chi connectivity index (χ0v) is 17.7. The van der Waals surface area contributed by atoms with Crippen LogP contribution in [0.15, 0.2) is 29.3 Å². The van der Waals surface area contributed by atoms with Gasteiger partial charge in [-0.25, -0.2) is 9.38 Å². The Labute approximate surface area is 166 Å². The molecule has 0 saturated carbocycles. The van der Waals surface area contributed by atoms with Gasteiger partial charge >= 0.3 is 0 Å². The minimum atomic E-state index is -0.232. The van der Waals surface area contributed by atoms with Crippen molar-refractivity contribution in [3.63, 3.8) is 0 Å². The number of hydrogen-bond donors (Lipinski definition) is 2. The Kier molecular flexibility index (Phi) is 11.9. The number of benzene rings is 1. The summed E-state index contributed by atoms with van der Waals surface area (Å²) in [5.41, 5.74) is 0.854. The predicted octanol–water partition coefficient (Wildman–Crippen LogP) is 1.91. The highest BCUT2D eigenvalue weighted by Gasteiger charge is 2.05. The predicted molar refractivity (Wildman–Crippen MR) is 112 cm³/mol. The highest BCUT2D eigenvalue weighted by molar-refractivity contribution is 14.0. The van der Waals surface area contributed by atoms with Crippen LogP contribution in [-0.4, -0.2) is 64.1 Å². The maximum Gasteiger partial charge on any atom is 0.243 e. The molecule has 0 aliphatic heterocycles. The first kappa shape index (κ1) is 23.4. The number of nitrogens with one attached hydrogen (secondary N) is 2. The molecule has 6 nitrogen and oxygen atoms in total. The summed E-state index contributed by atoms with van der Waals surface area (Å²) in [6.45, 7) is 4.31. The summed E-state index contributed by atoms with van der Waals surface area (Å²) >= 11 is 0. The molecule has 0 aliphatic rings. The number of halogens is 2. The van der Waals surface area contributed by atoms with E-state index in [1.807, 2.05) is 24.9 Å². The van der Waals surface area contributed by atoms with Crippen molar-refractivity contribution in [2.24, 2.45) is 4.99 Å². The standard InChI is InChI=1S/C17H28FN5O.HI/c1-5-19-17(21-13-16(24)22(2)3)20-10-7-11-23(4)15-9-6-8-14(18)12-15;/h6,8-9,12H,5,7,10-11,13H2,1-4H3,(H2,19,20,21);1H. The van der Waals surface area contributed by atoms with E-state index in [9.17, 15) is 9.18 Å². The van der Waals surface area contributed by atoms with Gasteiger partial charge in [-0.1, -0.05) is 6.07 Å². The fourth-order valence-electron chi connectivity index (χ4n) is 2.00. The van der Waals surface area contributed by atoms with Crippen molar-refractivity contribution in [3.05, 3.63) is 30.1 Å². The van der Waals surface area contributed by atoms with Crippen molar-refractivity contribution < 1.29 is 9.18 Å². The van der Waals surface area contributed by atoms with Gasteiger partial charge in [0.2, 0.25) is 5.91 Å². The van der Waals surface area contributed by atoms with Crippen LogP contribution in [0.3, 0.4) is 0 Å². The molecule has 0 unspecified atom stereocenters. The second-order valence-electron chi connectivity index (χ2n) is 5.67. The molecule has 2 N–H and O–H groups in total. The lowest BCUT2D eigenvalue weighted by atomic mass is 10.2. The van der Waals surface area contributed by atoms with E-state index < -0.39 is 0 Å². The Morgan fingerprint density at radius 1 is 1.24 bits per heavy atom. The second kappa shape index (κ2) is 12.7. The van der Waals surface area contributed by atoms with Gasteiger partial charge in [-0.2, -0.15) is 0 Å². The third kappa shape index (κ3) is 9.47. The number of guanidine groups is 1. The van der Waals surface area contributed by atoms with Gasteiger partial charge in [0.25, 0.3) is 0 Å². The molecule has 142 valence electrons. The first-order valence-corrected chi connectivity index (χ1v) is 8.13. The van der Waals surface area contributed by atoms with E-state index in [1.165, 1.54) is 17.0 Å². The van der Waals surface area contributed by atoms with Crippen LogP contribution in [0, 0.1) is 5.82 Å². The van der Waals surface area contributed by atoms with Crippen LogP contribution in [0.2, 0.25) is 0 Å². The number of amides is 1. The maximum absolute atomic E-state index is 13.2. The normalized spacial score (nSPS) is 10.7. The summed E-state index contributed by atoms with van der Waals surface area (Å²) in [7, 11) is 5.35. The summed E-state index contributed by atoms with van der Waals surface area (Å²) in [5, 5.41) is 6.31. The zero-order valence-electron chi connectivity index (χ0n) is 15.4. The highest BCUT2D eigenvalue weighted by atomic mass is 127. The van der Waals surface area contributed by atoms with Crippen LogP contribution in [0.4, 0.5) is 10.1 Å². The molecule has 25 heavy (non-hydrogen) atoms. The average Bonchev–Trinajstić information content (AvgIpc) is 2.55. The molecule has 0 saturated heterocycles. The fraction of sp³-hybridized carbons (Fsp3) is 0.529. The minimum Gasteiger partial charge on any atom is -0.374 e. The van der Waals surface area contributed by atoms with Gasteiger partial charge in [0.15, 0.2) is 5.96 Å². The maximum atomic E-state index is 13.2. The first-order valence-electron chi connectivity index (χ1n) is 8.13. The molecule has 0 heterocycles. The fourth-order valence-corrected chi connectivity index (χ4v) is 2.00. The van der Waals surface area contributed by atoms with Gasteiger partial charge in [-0.15, -0.1) is 24.0 Å². The summed E-state index contributed by atoms with van der Waals surface area (Å²) < 4.78 is 13.2. The Balaban J connectivity index is 0.00000576. The molecule has 8 heteroatoms. The number of aliphatic imine (C=N–C) groups is 1. The van der Waals surface area contributed by atoms with E-state index in [0.29, 0.717) is 12.5 Å². The largest absolute Gasteiger partial charge is 0.374 e. The van der Waals surface area contributed by atoms with Gasteiger partial charge in [-0.3, -0.25) is 4.79 Å². The van der Waals surface area contributed by atoms with E-state index >= 15 is 0 Å². The topological polar surface area (TPSA) is 60.0 Å². The minimum absolute atomic E-state index is 0. The second-order valence-corrected chi connectivity index (χ2v) is 5.67. The Morgan fingerprint density at radius 3 is 2.56 bits per heavy atom. The van der Waals surface area contributed by atoms with Crippen molar-refractivity contribution in [3.8, 4) is 0 Å². The average molecular weight is 465 g/mol. The van der Waals surface area contributed by atoms with E-state index in [2.05, 4.69) is 15.6 Å². The van der Waals surface area contributed by atoms with Crippen LogP contribution in [-0.2, 0) is 4.79 Å². The molecule has 0 radical (unpaired) electrons. The van der Waals surface area contributed by atoms with E-state index in [1.54, 1.807) is 20.2 Å². The lowest BCUT2D eigenvalue weighted by molar-refractivity contribution is -0.127. The van der Waals surface area contributed by atoms with E-state index in [-0.39, 0.29) is 42.2 Å². The summed E-state index contributed by atoms with van der Waals surface area (Å²) in [5.74, 6) is 0.351. The molecule has 0 aliphatic carbocycles. The van der Waals surface area contributed by atoms with Crippen LogP contribution in [0.5, 0.6) is 0 Å². The Bertz CT molecular complexity index is 554. The van der Waals surface area contributed by atoms with Crippen LogP contribution < -0.4 is 15.5 Å². The summed E-state index contributed by atoms with van der Waals surface area (Å²) in [4.78, 5) is 19.4. The molecule has 1 aromatic carbocycles. The van der Waals surface area contributed by atoms with Gasteiger partial charge in [0.05, 0.1) is 0 Å². The zero-order chi connectivity index (χ0) is 17.9. The number of hydrogen-bond acceptors (Lipinski definition) is 3. The first-order chi connectivity index (χ1) is 11.4. The lowest BCUT2D eigenvalue weighted by Gasteiger charge is -2.20. The van der Waals surface area contributed by atoms with Crippen molar-refractivity contribution in [2.75, 3.05) is 52.2 Å². The molecular formula is C17H29FIN5O. The molecule has 0 bridgehead atoms. The summed E-state index contributed by atoms with van der Waals surface area (Å²) in [6, 6.07) is 6.55. The van der Waals surface area contributed by atoms with Crippen molar-refractivity contribution in [1.29, 1.82) is 0 Å². The van der Waals surface area contributed by atoms with Crippen molar-refractivity contribution >= 4 is 41.5 Å². The molecule has 1 aromatic rings. The number of rotatable bonds is 8. The molecular weight excluding hydrogens is 436 g/mol. The smallest absolute Gasteiger partial charge is 0.243 e. The SMILES string of the molecule is CCNC(=NCC(=O)N(C)C)NCCCN(C)c1cccc(F)c1.I. The van der Waals surface area contributed by atoms with Crippen molar-refractivity contribution in [1.82, 2.24) is 15.5 Å². The summed E-state index contributed by atoms with van der Waals surface area (Å²) in [6.07, 6.45) is 0.860. The number of likely N-dealkylation sites (N-methyl/N-ethyl adjacent to an activating group) is 1. The third-order valence-electron chi connectivity index (χ3n) is 3.43. The van der Waals surface area contributed by atoms with Crippen molar-refractivity contribution in [2.45, 2.75) is 13.3 Å². The molecule has 0 fully saturated rings. The molecule has 0 atom stereocenters. The van der Waals surface area contributed by atoms with Crippen LogP contribution in [0.1, 0.15) is 13.3 Å². The third-order valence-corrected chi connectivity index (χ3v) is 3.43. The number of anilines is 1. The molecule has 0 aromatic heterocycles. The number of carbonyl (C=O) groups excluding carboxylic acids is 1. The molecule has 1 rings (SSSR count). The van der Waals surface area contributed by atoms with Gasteiger partial charge in [0.1, 0.15) is 12.4 Å².